The van der Waals surface area contributed by atoms with Crippen molar-refractivity contribution < 1.29 is 9.59 Å². The molecule has 0 aromatic heterocycles. The molecule has 1 aliphatic heterocycles. The number of carbonyl (C=O) groups excluding carboxylic acids is 2. The van der Waals surface area contributed by atoms with Gasteiger partial charge in [0.1, 0.15) is 0 Å². The minimum Gasteiger partial charge on any atom is -0.359 e. The number of hydrogen-bond acceptors (Lipinski definition) is 3. The monoisotopic (exact) mass is 265 g/mol. The van der Waals surface area contributed by atoms with Crippen molar-refractivity contribution in [3.05, 3.63) is 0 Å². The van der Waals surface area contributed by atoms with E-state index in [4.69, 9.17) is 6.42 Å². The van der Waals surface area contributed by atoms with Crippen LogP contribution in [0.2, 0.25) is 0 Å². The average Bonchev–Trinajstić information content (AvgIpc) is 2.79. The molecule has 2 N–H and O–H groups in total. The van der Waals surface area contributed by atoms with Crippen molar-refractivity contribution in [3.63, 3.8) is 0 Å². The fourth-order valence-electron chi connectivity index (χ4n) is 2.38. The quantitative estimate of drug-likeness (QED) is 0.680. The Morgan fingerprint density at radius 1 is 1.58 bits per heavy atom. The Morgan fingerprint density at radius 3 is 2.74 bits per heavy atom. The molecule has 0 spiro atoms. The summed E-state index contributed by atoms with van der Waals surface area (Å²) in [5, 5.41) is 5.82. The van der Waals surface area contributed by atoms with Gasteiger partial charge >= 0.3 is 0 Å². The number of terminal acetylenes is 1. The molecule has 1 atom stereocenters. The molecule has 1 heterocycles. The van der Waals surface area contributed by atoms with Crippen LogP contribution in [-0.2, 0) is 9.59 Å². The Bertz CT molecular complexity index is 385. The minimum absolute atomic E-state index is 0.0355. The molecule has 1 rings (SSSR count). The Balaban J connectivity index is 2.77. The van der Waals surface area contributed by atoms with E-state index in [0.29, 0.717) is 19.4 Å². The third-order valence-corrected chi connectivity index (χ3v) is 3.47. The Labute approximate surface area is 115 Å². The Morgan fingerprint density at radius 2 is 2.26 bits per heavy atom. The van der Waals surface area contributed by atoms with Crippen molar-refractivity contribution in [1.82, 2.24) is 15.5 Å². The van der Waals surface area contributed by atoms with Crippen molar-refractivity contribution in [2.75, 3.05) is 20.1 Å². The maximum Gasteiger partial charge on any atom is 0.225 e. The molecule has 1 fully saturated rings. The summed E-state index contributed by atoms with van der Waals surface area (Å²) in [4.78, 5) is 25.5. The maximum atomic E-state index is 11.9. The lowest BCUT2D eigenvalue weighted by Gasteiger charge is -2.34. The van der Waals surface area contributed by atoms with Crippen LogP contribution in [0.5, 0.6) is 0 Å². The van der Waals surface area contributed by atoms with E-state index >= 15 is 0 Å². The van der Waals surface area contributed by atoms with Gasteiger partial charge in [0.2, 0.25) is 11.8 Å². The average molecular weight is 265 g/mol. The highest BCUT2D eigenvalue weighted by molar-refractivity contribution is 5.82. The van der Waals surface area contributed by atoms with Crippen molar-refractivity contribution in [2.24, 2.45) is 5.41 Å². The predicted molar refractivity (Wildman–Crippen MR) is 74.0 cm³/mol. The molecule has 1 saturated heterocycles. The second-order valence-corrected chi connectivity index (χ2v) is 5.46. The molecule has 19 heavy (non-hydrogen) atoms. The maximum absolute atomic E-state index is 11.9. The Hall–Kier alpha value is -1.54. The van der Waals surface area contributed by atoms with Crippen molar-refractivity contribution in [1.29, 1.82) is 0 Å². The summed E-state index contributed by atoms with van der Waals surface area (Å²) >= 11 is 0. The summed E-state index contributed by atoms with van der Waals surface area (Å²) in [5.41, 5.74) is -0.552. The Kier molecular flexibility index (Phi) is 5.37. The van der Waals surface area contributed by atoms with Crippen LogP contribution < -0.4 is 10.6 Å². The van der Waals surface area contributed by atoms with Gasteiger partial charge in [-0.15, -0.1) is 6.42 Å². The van der Waals surface area contributed by atoms with Gasteiger partial charge in [-0.1, -0.05) is 19.8 Å². The first-order valence-electron chi connectivity index (χ1n) is 6.61. The summed E-state index contributed by atoms with van der Waals surface area (Å²) in [6.07, 6.45) is 7.07. The molecule has 0 saturated carbocycles. The second-order valence-electron chi connectivity index (χ2n) is 5.46. The van der Waals surface area contributed by atoms with Gasteiger partial charge in [-0.3, -0.25) is 14.9 Å². The number of carbonyl (C=O) groups is 2. The second kappa shape index (κ2) is 6.58. The van der Waals surface area contributed by atoms with Crippen LogP contribution in [0.25, 0.3) is 0 Å². The molecule has 0 bridgehead atoms. The zero-order valence-corrected chi connectivity index (χ0v) is 12.0. The number of likely N-dealkylation sites (tertiary alicyclic amines) is 1. The summed E-state index contributed by atoms with van der Waals surface area (Å²) in [5.74, 6) is 2.61. The van der Waals surface area contributed by atoms with E-state index in [9.17, 15) is 9.59 Å². The highest BCUT2D eigenvalue weighted by Gasteiger charge is 2.35. The fourth-order valence-corrected chi connectivity index (χ4v) is 2.38. The van der Waals surface area contributed by atoms with Crippen molar-refractivity contribution in [3.8, 4) is 12.3 Å². The van der Waals surface area contributed by atoms with E-state index in [1.54, 1.807) is 11.9 Å². The van der Waals surface area contributed by atoms with Crippen molar-refractivity contribution >= 4 is 11.8 Å². The minimum atomic E-state index is -0.552. The van der Waals surface area contributed by atoms with E-state index in [-0.39, 0.29) is 18.0 Å². The van der Waals surface area contributed by atoms with Gasteiger partial charge < -0.3 is 10.2 Å². The summed E-state index contributed by atoms with van der Waals surface area (Å²) in [6, 6.07) is 0. The number of hydrogen-bond donors (Lipinski definition) is 2. The van der Waals surface area contributed by atoms with Crippen molar-refractivity contribution in [2.45, 2.75) is 39.3 Å². The van der Waals surface area contributed by atoms with Crippen LogP contribution in [0, 0.1) is 17.8 Å². The molecule has 1 aliphatic rings. The molecule has 0 aliphatic carbocycles. The van der Waals surface area contributed by atoms with Gasteiger partial charge in [0.15, 0.2) is 0 Å². The van der Waals surface area contributed by atoms with Gasteiger partial charge in [-0.2, -0.15) is 0 Å². The fraction of sp³-hybridized carbons (Fsp3) is 0.714. The standard InChI is InChI=1S/C14H23N3O2/c1-5-8-16-11(17-9-6-7-12(17)18)10-14(2,3)13(19)15-4/h1,11,16H,6-10H2,2-4H3,(H,15,19). The highest BCUT2D eigenvalue weighted by Crippen LogP contribution is 2.26. The number of amides is 2. The van der Waals surface area contributed by atoms with Crippen LogP contribution in [0.4, 0.5) is 0 Å². The summed E-state index contributed by atoms with van der Waals surface area (Å²) in [6.45, 7) is 4.86. The molecule has 0 aromatic carbocycles. The van der Waals surface area contributed by atoms with E-state index in [1.165, 1.54) is 0 Å². The first-order valence-corrected chi connectivity index (χ1v) is 6.61. The first-order chi connectivity index (χ1) is 8.92. The van der Waals surface area contributed by atoms with E-state index in [2.05, 4.69) is 16.6 Å². The largest absolute Gasteiger partial charge is 0.359 e. The van der Waals surface area contributed by atoms with E-state index < -0.39 is 5.41 Å². The van der Waals surface area contributed by atoms with E-state index in [0.717, 1.165) is 13.0 Å². The summed E-state index contributed by atoms with van der Waals surface area (Å²) < 4.78 is 0. The molecule has 0 radical (unpaired) electrons. The normalized spacial score (nSPS) is 17.2. The molecule has 5 heteroatoms. The lowest BCUT2D eigenvalue weighted by Crippen LogP contribution is -2.50. The number of rotatable bonds is 6. The lowest BCUT2D eigenvalue weighted by atomic mass is 9.86. The number of nitrogens with one attached hydrogen (secondary N) is 2. The van der Waals surface area contributed by atoms with Crippen LogP contribution in [0.1, 0.15) is 33.1 Å². The third-order valence-electron chi connectivity index (χ3n) is 3.47. The molecule has 0 aromatic rings. The first kappa shape index (κ1) is 15.5. The zero-order valence-electron chi connectivity index (χ0n) is 12.0. The topological polar surface area (TPSA) is 61.4 Å². The van der Waals surface area contributed by atoms with Crippen LogP contribution >= 0.6 is 0 Å². The lowest BCUT2D eigenvalue weighted by molar-refractivity contribution is -0.135. The third kappa shape index (κ3) is 3.97. The number of nitrogens with zero attached hydrogens (tertiary/aromatic N) is 1. The molecule has 5 nitrogen and oxygen atoms in total. The smallest absolute Gasteiger partial charge is 0.225 e. The molecular formula is C14H23N3O2. The van der Waals surface area contributed by atoms with E-state index in [1.807, 2.05) is 13.8 Å². The SMILES string of the molecule is C#CCNC(CC(C)(C)C(=O)NC)N1CCCC1=O. The molecule has 2 amide bonds. The predicted octanol–water partition coefficient (Wildman–Crippen LogP) is 0.320. The van der Waals surface area contributed by atoms with Gasteiger partial charge in [0, 0.05) is 25.4 Å². The summed E-state index contributed by atoms with van der Waals surface area (Å²) in [7, 11) is 1.62. The molecular weight excluding hydrogens is 242 g/mol. The van der Waals surface area contributed by atoms with Gasteiger partial charge in [-0.25, -0.2) is 0 Å². The van der Waals surface area contributed by atoms with Gasteiger partial charge in [-0.05, 0) is 12.8 Å². The zero-order chi connectivity index (χ0) is 14.5. The van der Waals surface area contributed by atoms with Crippen LogP contribution in [0.15, 0.2) is 0 Å². The molecule has 106 valence electrons. The van der Waals surface area contributed by atoms with Gasteiger partial charge in [0.05, 0.1) is 12.7 Å². The highest BCUT2D eigenvalue weighted by atomic mass is 16.2. The van der Waals surface area contributed by atoms with Crippen LogP contribution in [-0.4, -0.2) is 43.0 Å². The van der Waals surface area contributed by atoms with Gasteiger partial charge in [0.25, 0.3) is 0 Å². The molecule has 1 unspecified atom stereocenters. The van der Waals surface area contributed by atoms with Crippen LogP contribution in [0.3, 0.4) is 0 Å².